The van der Waals surface area contributed by atoms with Crippen molar-refractivity contribution in [1.29, 1.82) is 0 Å². The van der Waals surface area contributed by atoms with E-state index in [-0.39, 0.29) is 0 Å². The van der Waals surface area contributed by atoms with Gasteiger partial charge in [-0.3, -0.25) is 0 Å². The average molecular weight is 317 g/mol. The second-order valence-corrected chi connectivity index (χ2v) is 7.07. The monoisotopic (exact) mass is 316 g/mol. The van der Waals surface area contributed by atoms with Crippen LogP contribution < -0.4 is 5.32 Å². The smallest absolute Gasteiger partial charge is 0.0314 e. The molecule has 2 heterocycles. The maximum Gasteiger partial charge on any atom is 0.0314 e. The van der Waals surface area contributed by atoms with Crippen molar-refractivity contribution < 1.29 is 0 Å². The zero-order chi connectivity index (χ0) is 12.3. The predicted molar refractivity (Wildman–Crippen MR) is 78.7 cm³/mol. The maximum atomic E-state index is 3.59. The molecule has 96 valence electrons. The molecule has 1 N–H and O–H groups in total. The number of nitrogens with zero attached hydrogens (tertiary/aromatic N) is 1. The van der Waals surface area contributed by atoms with Gasteiger partial charge in [0.1, 0.15) is 0 Å². The van der Waals surface area contributed by atoms with Crippen LogP contribution in [0.4, 0.5) is 0 Å². The molecule has 1 atom stereocenters. The molecule has 0 aliphatic carbocycles. The summed E-state index contributed by atoms with van der Waals surface area (Å²) in [5.41, 5.74) is 0. The number of halogens is 1. The van der Waals surface area contributed by atoms with E-state index in [9.17, 15) is 0 Å². The summed E-state index contributed by atoms with van der Waals surface area (Å²) in [6.45, 7) is 5.54. The van der Waals surface area contributed by atoms with Gasteiger partial charge in [0, 0.05) is 33.4 Å². The number of piperidine rings is 1. The summed E-state index contributed by atoms with van der Waals surface area (Å²) < 4.78 is 1.24. The van der Waals surface area contributed by atoms with E-state index < -0.39 is 0 Å². The standard InChI is InChI=1S/C13H21BrN2S/c1-10-13(14)7-12(17-10)9-15-8-11-5-3-4-6-16(11)2/h7,11,15H,3-6,8-9H2,1-2H3. The molecule has 1 unspecified atom stereocenters. The van der Waals surface area contributed by atoms with Crippen LogP contribution in [0.3, 0.4) is 0 Å². The maximum absolute atomic E-state index is 3.59. The van der Waals surface area contributed by atoms with Crippen molar-refractivity contribution in [2.24, 2.45) is 0 Å². The summed E-state index contributed by atoms with van der Waals surface area (Å²) in [5, 5.41) is 3.59. The Bertz CT molecular complexity index is 345. The summed E-state index contributed by atoms with van der Waals surface area (Å²) >= 11 is 5.45. The molecule has 1 aromatic rings. The van der Waals surface area contributed by atoms with Gasteiger partial charge < -0.3 is 10.2 Å². The molecule has 1 saturated heterocycles. The van der Waals surface area contributed by atoms with Gasteiger partial charge >= 0.3 is 0 Å². The lowest BCUT2D eigenvalue weighted by Gasteiger charge is -2.32. The molecular formula is C13H21BrN2S. The molecule has 2 rings (SSSR count). The fraction of sp³-hybridized carbons (Fsp3) is 0.692. The molecule has 0 aromatic carbocycles. The van der Waals surface area contributed by atoms with Crippen molar-refractivity contribution in [1.82, 2.24) is 10.2 Å². The SMILES string of the molecule is Cc1sc(CNCC2CCCCN2C)cc1Br. The molecule has 0 saturated carbocycles. The minimum Gasteiger partial charge on any atom is -0.310 e. The van der Waals surface area contributed by atoms with Crippen LogP contribution in [0.25, 0.3) is 0 Å². The zero-order valence-corrected chi connectivity index (χ0v) is 13.0. The van der Waals surface area contributed by atoms with Crippen LogP contribution in [0.2, 0.25) is 0 Å². The van der Waals surface area contributed by atoms with Crippen LogP contribution in [0.15, 0.2) is 10.5 Å². The van der Waals surface area contributed by atoms with E-state index in [1.165, 1.54) is 40.0 Å². The number of likely N-dealkylation sites (tertiary alicyclic amines) is 1. The average Bonchev–Trinajstić information content (AvgIpc) is 2.61. The van der Waals surface area contributed by atoms with E-state index in [2.05, 4.69) is 46.2 Å². The molecule has 2 nitrogen and oxygen atoms in total. The molecule has 1 fully saturated rings. The van der Waals surface area contributed by atoms with E-state index in [1.54, 1.807) is 0 Å². The minimum absolute atomic E-state index is 0.730. The number of likely N-dealkylation sites (N-methyl/N-ethyl adjacent to an activating group) is 1. The van der Waals surface area contributed by atoms with Gasteiger partial charge in [0.05, 0.1) is 0 Å². The number of hydrogen-bond acceptors (Lipinski definition) is 3. The van der Waals surface area contributed by atoms with Gasteiger partial charge in [0.2, 0.25) is 0 Å². The molecule has 0 spiro atoms. The van der Waals surface area contributed by atoms with Crippen LogP contribution in [0.5, 0.6) is 0 Å². The quantitative estimate of drug-likeness (QED) is 0.916. The molecule has 0 radical (unpaired) electrons. The number of rotatable bonds is 4. The largest absolute Gasteiger partial charge is 0.310 e. The molecule has 17 heavy (non-hydrogen) atoms. The van der Waals surface area contributed by atoms with Crippen molar-refractivity contribution in [2.45, 2.75) is 38.8 Å². The van der Waals surface area contributed by atoms with Crippen molar-refractivity contribution in [3.63, 3.8) is 0 Å². The van der Waals surface area contributed by atoms with Gasteiger partial charge in [-0.25, -0.2) is 0 Å². The fourth-order valence-electron chi connectivity index (χ4n) is 2.37. The van der Waals surface area contributed by atoms with Crippen LogP contribution in [-0.4, -0.2) is 31.1 Å². The molecule has 1 aromatic heterocycles. The van der Waals surface area contributed by atoms with Gasteiger partial charge in [-0.2, -0.15) is 0 Å². The highest BCUT2D eigenvalue weighted by Gasteiger charge is 2.18. The number of aryl methyl sites for hydroxylation is 1. The Balaban J connectivity index is 1.75. The summed E-state index contributed by atoms with van der Waals surface area (Å²) in [7, 11) is 2.25. The van der Waals surface area contributed by atoms with Gasteiger partial charge in [0.15, 0.2) is 0 Å². The molecule has 0 amide bonds. The first-order chi connectivity index (χ1) is 8.16. The molecular weight excluding hydrogens is 296 g/mol. The predicted octanol–water partition coefficient (Wildman–Crippen LogP) is 3.39. The highest BCUT2D eigenvalue weighted by atomic mass is 79.9. The Kier molecular flexibility index (Phi) is 5.03. The number of thiophene rings is 1. The second kappa shape index (κ2) is 6.32. The summed E-state index contributed by atoms with van der Waals surface area (Å²) in [6.07, 6.45) is 4.10. The van der Waals surface area contributed by atoms with Gasteiger partial charge in [0.25, 0.3) is 0 Å². The van der Waals surface area contributed by atoms with Crippen molar-refractivity contribution in [3.8, 4) is 0 Å². The van der Waals surface area contributed by atoms with E-state index in [0.717, 1.165) is 19.1 Å². The number of hydrogen-bond donors (Lipinski definition) is 1. The third kappa shape index (κ3) is 3.78. The lowest BCUT2D eigenvalue weighted by atomic mass is 10.0. The Hall–Kier alpha value is 0.100. The third-order valence-electron chi connectivity index (χ3n) is 3.51. The fourth-order valence-corrected chi connectivity index (χ4v) is 3.94. The summed E-state index contributed by atoms with van der Waals surface area (Å²) in [4.78, 5) is 5.29. The highest BCUT2D eigenvalue weighted by Crippen LogP contribution is 2.26. The Morgan fingerprint density at radius 2 is 2.35 bits per heavy atom. The minimum atomic E-state index is 0.730. The van der Waals surface area contributed by atoms with E-state index in [1.807, 2.05) is 11.3 Å². The molecule has 0 bridgehead atoms. The van der Waals surface area contributed by atoms with Gasteiger partial charge in [-0.15, -0.1) is 11.3 Å². The van der Waals surface area contributed by atoms with Gasteiger partial charge in [-0.05, 0) is 55.4 Å². The van der Waals surface area contributed by atoms with Crippen LogP contribution in [0.1, 0.15) is 29.0 Å². The first-order valence-corrected chi connectivity index (χ1v) is 7.93. The second-order valence-electron chi connectivity index (χ2n) is 4.88. The third-order valence-corrected chi connectivity index (χ3v) is 5.65. The lowest BCUT2D eigenvalue weighted by Crippen LogP contribution is -2.42. The van der Waals surface area contributed by atoms with E-state index in [4.69, 9.17) is 0 Å². The normalized spacial score (nSPS) is 21.9. The summed E-state index contributed by atoms with van der Waals surface area (Å²) in [5.74, 6) is 0. The first kappa shape index (κ1) is 13.5. The number of nitrogens with one attached hydrogen (secondary N) is 1. The lowest BCUT2D eigenvalue weighted by molar-refractivity contribution is 0.181. The molecule has 1 aliphatic heterocycles. The van der Waals surface area contributed by atoms with E-state index in [0.29, 0.717) is 0 Å². The highest BCUT2D eigenvalue weighted by molar-refractivity contribution is 9.10. The van der Waals surface area contributed by atoms with Crippen LogP contribution in [-0.2, 0) is 6.54 Å². The zero-order valence-electron chi connectivity index (χ0n) is 10.6. The topological polar surface area (TPSA) is 15.3 Å². The van der Waals surface area contributed by atoms with Crippen molar-refractivity contribution in [3.05, 3.63) is 20.3 Å². The van der Waals surface area contributed by atoms with Crippen LogP contribution in [0, 0.1) is 6.92 Å². The van der Waals surface area contributed by atoms with E-state index >= 15 is 0 Å². The van der Waals surface area contributed by atoms with Crippen molar-refractivity contribution >= 4 is 27.3 Å². The van der Waals surface area contributed by atoms with Crippen LogP contribution >= 0.6 is 27.3 Å². The van der Waals surface area contributed by atoms with Gasteiger partial charge in [-0.1, -0.05) is 6.42 Å². The molecule has 4 heteroatoms. The first-order valence-electron chi connectivity index (χ1n) is 6.32. The summed E-state index contributed by atoms with van der Waals surface area (Å²) in [6, 6.07) is 2.96. The van der Waals surface area contributed by atoms with Crippen molar-refractivity contribution in [2.75, 3.05) is 20.1 Å². The molecule has 1 aliphatic rings. The Labute approximate surface area is 117 Å². The Morgan fingerprint density at radius 1 is 1.53 bits per heavy atom. The Morgan fingerprint density at radius 3 is 3.00 bits per heavy atom.